The van der Waals surface area contributed by atoms with Gasteiger partial charge >= 0.3 is 12.4 Å². The first-order valence-electron chi connectivity index (χ1n) is 11.1. The number of hydrogen-bond donors (Lipinski definition) is 0. The first-order valence-corrected chi connectivity index (χ1v) is 11.1. The molecule has 0 N–H and O–H groups in total. The Hall–Kier alpha value is -3.25. The summed E-state index contributed by atoms with van der Waals surface area (Å²) in [4.78, 5) is 0. The zero-order chi connectivity index (χ0) is 25.8. The number of hydrogen-bond acceptors (Lipinski definition) is 3. The third kappa shape index (κ3) is 6.25. The smallest absolute Gasteiger partial charge is 0.305 e. The van der Waals surface area contributed by atoms with E-state index in [0.29, 0.717) is 12.1 Å². The van der Waals surface area contributed by atoms with Gasteiger partial charge in [0.25, 0.3) is 0 Å². The highest BCUT2D eigenvalue weighted by molar-refractivity contribution is 5.97. The topological polar surface area (TPSA) is 30.3 Å². The molecule has 0 radical (unpaired) electrons. The number of halogens is 6. The van der Waals surface area contributed by atoms with Gasteiger partial charge in [-0.15, -0.1) is 0 Å². The zero-order valence-electron chi connectivity index (χ0n) is 19.3. The second kappa shape index (κ2) is 10.6. The van der Waals surface area contributed by atoms with Crippen LogP contribution in [0.2, 0.25) is 0 Å². The van der Waals surface area contributed by atoms with Crippen molar-refractivity contribution in [1.29, 1.82) is 5.26 Å². The molecule has 0 heterocycles. The summed E-state index contributed by atoms with van der Waals surface area (Å²) in [6.45, 7) is 2.37. The maximum absolute atomic E-state index is 13.3. The van der Waals surface area contributed by atoms with E-state index in [2.05, 4.69) is 6.07 Å². The predicted molar refractivity (Wildman–Crippen MR) is 123 cm³/mol. The molecule has 9 heteroatoms. The number of hydrazine groups is 1. The van der Waals surface area contributed by atoms with E-state index < -0.39 is 23.5 Å². The van der Waals surface area contributed by atoms with Gasteiger partial charge in [-0.2, -0.15) is 31.6 Å². The van der Waals surface area contributed by atoms with Crippen LogP contribution in [0.5, 0.6) is 0 Å². The van der Waals surface area contributed by atoms with Crippen molar-refractivity contribution in [3.63, 3.8) is 0 Å². The van der Waals surface area contributed by atoms with E-state index in [4.69, 9.17) is 0 Å². The second-order valence-electron chi connectivity index (χ2n) is 8.35. The van der Waals surface area contributed by atoms with Crippen LogP contribution in [0.15, 0.2) is 54.6 Å². The highest BCUT2D eigenvalue weighted by Gasteiger charge is 2.37. The summed E-state index contributed by atoms with van der Waals surface area (Å²) in [6.07, 6.45) is -7.20. The molecule has 0 saturated carbocycles. The summed E-state index contributed by atoms with van der Waals surface area (Å²) in [5.74, 6) is 0. The van der Waals surface area contributed by atoms with Crippen LogP contribution in [0, 0.1) is 11.3 Å². The summed E-state index contributed by atoms with van der Waals surface area (Å²) in [5, 5.41) is 14.4. The number of nitriles is 1. The van der Waals surface area contributed by atoms with Gasteiger partial charge in [0.05, 0.1) is 28.4 Å². The zero-order valence-corrected chi connectivity index (χ0v) is 19.3. The Morgan fingerprint density at radius 2 is 1.43 bits per heavy atom. The number of anilines is 1. The third-order valence-electron chi connectivity index (χ3n) is 5.74. The monoisotopic (exact) mass is 493 g/mol. The van der Waals surface area contributed by atoms with Crippen LogP contribution in [0.1, 0.15) is 48.4 Å². The minimum Gasteiger partial charge on any atom is -0.305 e. The molecule has 3 rings (SSSR count). The molecule has 0 atom stereocenters. The van der Waals surface area contributed by atoms with Gasteiger partial charge in [-0.3, -0.25) is 0 Å². The molecule has 0 spiro atoms. The Bertz CT molecular complexity index is 1180. The summed E-state index contributed by atoms with van der Waals surface area (Å²) >= 11 is 0. The van der Waals surface area contributed by atoms with E-state index in [9.17, 15) is 31.6 Å². The largest absolute Gasteiger partial charge is 0.416 e. The van der Waals surface area contributed by atoms with E-state index in [-0.39, 0.29) is 18.2 Å². The molecule has 0 aliphatic heterocycles. The molecule has 0 fully saturated rings. The molecule has 0 aliphatic carbocycles. The summed E-state index contributed by atoms with van der Waals surface area (Å²) in [5.41, 5.74) is -1.57. The normalized spacial score (nSPS) is 12.2. The standard InChI is InChI=1S/C26H25F6N3/c1-3-4-7-12-35(24-11-10-19(16-33)22-8-5-6-9-23(22)24)34(2)17-18-13-20(25(27,28)29)15-21(14-18)26(30,31)32/h5-6,8-11,13-15H,3-4,7,12,17H2,1-2H3. The summed E-state index contributed by atoms with van der Waals surface area (Å²) in [6, 6.07) is 14.5. The molecule has 0 aliphatic rings. The van der Waals surface area contributed by atoms with Gasteiger partial charge in [0.2, 0.25) is 0 Å². The Morgan fingerprint density at radius 1 is 0.829 bits per heavy atom. The molecule has 0 aromatic heterocycles. The van der Waals surface area contributed by atoms with Crippen molar-refractivity contribution in [2.24, 2.45) is 0 Å². The van der Waals surface area contributed by atoms with Gasteiger partial charge in [-0.1, -0.05) is 44.0 Å². The number of nitrogens with zero attached hydrogens (tertiary/aromatic N) is 3. The third-order valence-corrected chi connectivity index (χ3v) is 5.74. The van der Waals surface area contributed by atoms with E-state index in [1.807, 2.05) is 30.1 Å². The Labute approximate surface area is 200 Å². The van der Waals surface area contributed by atoms with Gasteiger partial charge < -0.3 is 5.01 Å². The predicted octanol–water partition coefficient (Wildman–Crippen LogP) is 7.79. The minimum absolute atomic E-state index is 0.104. The molecule has 0 amide bonds. The van der Waals surface area contributed by atoms with Crippen LogP contribution in [-0.2, 0) is 18.9 Å². The highest BCUT2D eigenvalue weighted by Crippen LogP contribution is 2.37. The van der Waals surface area contributed by atoms with E-state index in [0.717, 1.165) is 47.9 Å². The maximum Gasteiger partial charge on any atom is 0.416 e. The van der Waals surface area contributed by atoms with Crippen molar-refractivity contribution in [2.75, 3.05) is 18.6 Å². The van der Waals surface area contributed by atoms with Crippen LogP contribution in [-0.4, -0.2) is 18.6 Å². The van der Waals surface area contributed by atoms with Crippen LogP contribution in [0.3, 0.4) is 0 Å². The molecule has 0 unspecified atom stereocenters. The molecule has 186 valence electrons. The van der Waals surface area contributed by atoms with Crippen molar-refractivity contribution in [3.05, 3.63) is 76.9 Å². The minimum atomic E-state index is -4.90. The van der Waals surface area contributed by atoms with Crippen LogP contribution >= 0.6 is 0 Å². The van der Waals surface area contributed by atoms with E-state index in [1.165, 1.54) is 0 Å². The number of unbranched alkanes of at least 4 members (excludes halogenated alkanes) is 2. The average Bonchev–Trinajstić information content (AvgIpc) is 2.80. The first-order chi connectivity index (χ1) is 16.5. The molecule has 35 heavy (non-hydrogen) atoms. The molecule has 0 bridgehead atoms. The van der Waals surface area contributed by atoms with Gasteiger partial charge in [0.15, 0.2) is 0 Å². The number of benzene rings is 3. The van der Waals surface area contributed by atoms with Crippen molar-refractivity contribution < 1.29 is 26.3 Å². The lowest BCUT2D eigenvalue weighted by molar-refractivity contribution is -0.143. The number of rotatable bonds is 8. The Morgan fingerprint density at radius 3 is 1.97 bits per heavy atom. The van der Waals surface area contributed by atoms with Crippen molar-refractivity contribution in [2.45, 2.75) is 45.1 Å². The molecule has 3 aromatic carbocycles. The molecule has 3 nitrogen and oxygen atoms in total. The van der Waals surface area contributed by atoms with Gasteiger partial charge in [0.1, 0.15) is 0 Å². The van der Waals surface area contributed by atoms with E-state index >= 15 is 0 Å². The van der Waals surface area contributed by atoms with Gasteiger partial charge in [-0.25, -0.2) is 5.01 Å². The Balaban J connectivity index is 2.05. The summed E-state index contributed by atoms with van der Waals surface area (Å²) in [7, 11) is 1.63. The lowest BCUT2D eigenvalue weighted by Crippen LogP contribution is -2.40. The maximum atomic E-state index is 13.3. The first kappa shape index (κ1) is 26.4. The van der Waals surface area contributed by atoms with Gasteiger partial charge in [-0.05, 0) is 42.3 Å². The fourth-order valence-electron chi connectivity index (χ4n) is 4.05. The lowest BCUT2D eigenvalue weighted by Gasteiger charge is -2.35. The van der Waals surface area contributed by atoms with Crippen molar-refractivity contribution in [1.82, 2.24) is 5.01 Å². The molecule has 0 saturated heterocycles. The highest BCUT2D eigenvalue weighted by atomic mass is 19.4. The van der Waals surface area contributed by atoms with Crippen molar-refractivity contribution in [3.8, 4) is 6.07 Å². The fraction of sp³-hybridized carbons (Fsp3) is 0.346. The number of fused-ring (bicyclic) bond motifs is 1. The SMILES string of the molecule is CCCCCN(c1ccc(C#N)c2ccccc12)N(C)Cc1cc(C(F)(F)F)cc(C(F)(F)F)c1. The fourth-order valence-corrected chi connectivity index (χ4v) is 4.05. The molecular formula is C26H25F6N3. The second-order valence-corrected chi connectivity index (χ2v) is 8.35. The summed E-state index contributed by atoms with van der Waals surface area (Å²) < 4.78 is 80.0. The average molecular weight is 493 g/mol. The van der Waals surface area contributed by atoms with Crippen LogP contribution < -0.4 is 5.01 Å². The van der Waals surface area contributed by atoms with Crippen molar-refractivity contribution >= 4 is 16.5 Å². The molecule has 3 aromatic rings. The van der Waals surface area contributed by atoms with E-state index in [1.54, 1.807) is 30.3 Å². The molecular weight excluding hydrogens is 468 g/mol. The lowest BCUT2D eigenvalue weighted by atomic mass is 10.0. The van der Waals surface area contributed by atoms with Crippen LogP contribution in [0.25, 0.3) is 10.8 Å². The quantitative estimate of drug-likeness (QED) is 0.182. The van der Waals surface area contributed by atoms with Crippen LogP contribution in [0.4, 0.5) is 32.0 Å². The Kier molecular flexibility index (Phi) is 7.96. The number of alkyl halides is 6. The van der Waals surface area contributed by atoms with Gasteiger partial charge in [0, 0.05) is 30.9 Å².